The van der Waals surface area contributed by atoms with Gasteiger partial charge in [0.2, 0.25) is 0 Å². The van der Waals surface area contributed by atoms with E-state index in [1.165, 1.54) is 29.2 Å². The monoisotopic (exact) mass is 489 g/mol. The van der Waals surface area contributed by atoms with Gasteiger partial charge in [0.1, 0.15) is 18.1 Å². The maximum Gasteiger partial charge on any atom is 0.416 e. The minimum Gasteiger partial charge on any atom is -0.485 e. The van der Waals surface area contributed by atoms with Gasteiger partial charge in [0.05, 0.1) is 24.0 Å². The molecule has 0 spiro atoms. The Balaban J connectivity index is 1.35. The van der Waals surface area contributed by atoms with Crippen LogP contribution in [0.4, 0.5) is 18.9 Å². The van der Waals surface area contributed by atoms with Gasteiger partial charge < -0.3 is 14.5 Å². The number of amides is 1. The largest absolute Gasteiger partial charge is 0.485 e. The van der Waals surface area contributed by atoms with Crippen LogP contribution in [0.5, 0.6) is 5.75 Å². The smallest absolute Gasteiger partial charge is 0.416 e. The van der Waals surface area contributed by atoms with Crippen molar-refractivity contribution in [3.05, 3.63) is 100 Å². The van der Waals surface area contributed by atoms with Gasteiger partial charge in [-0.15, -0.1) is 0 Å². The minimum atomic E-state index is -4.42. The van der Waals surface area contributed by atoms with E-state index in [4.69, 9.17) is 20.8 Å². The molecule has 0 aliphatic rings. The Morgan fingerprint density at radius 1 is 1.18 bits per heavy atom. The van der Waals surface area contributed by atoms with Crippen molar-refractivity contribution in [2.45, 2.75) is 26.3 Å². The lowest BCUT2D eigenvalue weighted by atomic mass is 10.1. The predicted molar refractivity (Wildman–Crippen MR) is 120 cm³/mol. The van der Waals surface area contributed by atoms with Crippen LogP contribution in [0.25, 0.3) is 0 Å². The number of aryl methyl sites for hydroxylation is 1. The van der Waals surface area contributed by atoms with Crippen LogP contribution in [0, 0.1) is 6.92 Å². The number of carbonyl (C=O) groups is 1. The number of rotatable bonds is 7. The molecule has 4 aromatic rings. The van der Waals surface area contributed by atoms with Gasteiger partial charge in [-0.1, -0.05) is 23.7 Å². The Hall–Kier alpha value is -3.72. The number of ether oxygens (including phenoxy) is 1. The molecule has 0 atom stereocenters. The molecule has 1 amide bonds. The van der Waals surface area contributed by atoms with E-state index in [2.05, 4.69) is 10.4 Å². The average Bonchev–Trinajstić information content (AvgIpc) is 3.42. The summed E-state index contributed by atoms with van der Waals surface area (Å²) in [5.74, 6) is 0.698. The van der Waals surface area contributed by atoms with Crippen LogP contribution in [-0.4, -0.2) is 15.7 Å². The second-order valence-corrected chi connectivity index (χ2v) is 7.98. The highest BCUT2D eigenvalue weighted by Gasteiger charge is 2.30. The van der Waals surface area contributed by atoms with Crippen molar-refractivity contribution in [1.82, 2.24) is 9.78 Å². The maximum absolute atomic E-state index is 12.9. The van der Waals surface area contributed by atoms with E-state index in [0.717, 1.165) is 17.7 Å². The van der Waals surface area contributed by atoms with Crippen molar-refractivity contribution >= 4 is 23.2 Å². The van der Waals surface area contributed by atoms with Crippen LogP contribution < -0.4 is 10.1 Å². The molecule has 34 heavy (non-hydrogen) atoms. The molecule has 0 radical (unpaired) electrons. The molecule has 2 aromatic carbocycles. The zero-order valence-corrected chi connectivity index (χ0v) is 18.7. The summed E-state index contributed by atoms with van der Waals surface area (Å²) in [5.41, 5.74) is 0.957. The van der Waals surface area contributed by atoms with Crippen LogP contribution in [0.15, 0.2) is 71.4 Å². The molecule has 1 N–H and O–H groups in total. The second kappa shape index (κ2) is 9.64. The second-order valence-electron chi connectivity index (χ2n) is 7.54. The van der Waals surface area contributed by atoms with Gasteiger partial charge >= 0.3 is 6.18 Å². The summed E-state index contributed by atoms with van der Waals surface area (Å²) >= 11 is 5.94. The SMILES string of the molecule is Cc1cc(Cl)ccc1OCc1ccc(C(=O)Nc2cnn(Cc3cccc(C(F)(F)F)c3)c2)o1. The topological polar surface area (TPSA) is 69.3 Å². The molecule has 0 saturated heterocycles. The van der Waals surface area contributed by atoms with Crippen LogP contribution in [0.1, 0.15) is 33.0 Å². The van der Waals surface area contributed by atoms with Crippen LogP contribution in [0.3, 0.4) is 0 Å². The first kappa shape index (κ1) is 23.4. The number of carbonyl (C=O) groups excluding carboxylic acids is 1. The summed E-state index contributed by atoms with van der Waals surface area (Å²) in [4.78, 5) is 12.5. The number of furan rings is 1. The Kier molecular flexibility index (Phi) is 6.65. The zero-order chi connectivity index (χ0) is 24.3. The van der Waals surface area contributed by atoms with Crippen molar-refractivity contribution in [1.29, 1.82) is 0 Å². The van der Waals surface area contributed by atoms with Gasteiger partial charge in [0.15, 0.2) is 5.76 Å². The molecule has 0 fully saturated rings. The van der Waals surface area contributed by atoms with E-state index in [9.17, 15) is 18.0 Å². The number of alkyl halides is 3. The lowest BCUT2D eigenvalue weighted by Gasteiger charge is -2.08. The number of nitrogens with zero attached hydrogens (tertiary/aromatic N) is 2. The normalized spacial score (nSPS) is 11.4. The summed E-state index contributed by atoms with van der Waals surface area (Å²) in [6.45, 7) is 2.12. The fourth-order valence-corrected chi connectivity index (χ4v) is 3.47. The third-order valence-corrected chi connectivity index (χ3v) is 5.12. The minimum absolute atomic E-state index is 0.0806. The molecule has 2 aromatic heterocycles. The van der Waals surface area contributed by atoms with Gasteiger partial charge in [0, 0.05) is 11.2 Å². The number of nitrogens with one attached hydrogen (secondary N) is 1. The summed E-state index contributed by atoms with van der Waals surface area (Å²) in [6.07, 6.45) is -1.49. The van der Waals surface area contributed by atoms with E-state index in [-0.39, 0.29) is 18.9 Å². The van der Waals surface area contributed by atoms with E-state index in [1.54, 1.807) is 30.3 Å². The maximum atomic E-state index is 12.9. The van der Waals surface area contributed by atoms with E-state index >= 15 is 0 Å². The van der Waals surface area contributed by atoms with E-state index in [0.29, 0.717) is 27.8 Å². The number of hydrogen-bond donors (Lipinski definition) is 1. The van der Waals surface area contributed by atoms with Crippen molar-refractivity contribution < 1.29 is 27.1 Å². The molecule has 2 heterocycles. The molecule has 6 nitrogen and oxygen atoms in total. The lowest BCUT2D eigenvalue weighted by Crippen LogP contribution is -2.10. The molecule has 4 rings (SSSR count). The number of aromatic nitrogens is 2. The molecule has 176 valence electrons. The van der Waals surface area contributed by atoms with Gasteiger partial charge in [-0.3, -0.25) is 9.48 Å². The third-order valence-electron chi connectivity index (χ3n) is 4.88. The first-order valence-electron chi connectivity index (χ1n) is 10.1. The fraction of sp³-hybridized carbons (Fsp3) is 0.167. The van der Waals surface area contributed by atoms with Gasteiger partial charge in [-0.2, -0.15) is 18.3 Å². The lowest BCUT2D eigenvalue weighted by molar-refractivity contribution is -0.137. The summed E-state index contributed by atoms with van der Waals surface area (Å²) in [6, 6.07) is 13.4. The molecule has 0 saturated carbocycles. The number of hydrogen-bond acceptors (Lipinski definition) is 4. The highest BCUT2D eigenvalue weighted by molar-refractivity contribution is 6.30. The summed E-state index contributed by atoms with van der Waals surface area (Å²) in [5, 5.41) is 7.36. The average molecular weight is 490 g/mol. The van der Waals surface area contributed by atoms with Crippen molar-refractivity contribution in [2.24, 2.45) is 0 Å². The molecule has 0 unspecified atom stereocenters. The van der Waals surface area contributed by atoms with Crippen LogP contribution >= 0.6 is 11.6 Å². The van der Waals surface area contributed by atoms with Crippen LogP contribution in [-0.2, 0) is 19.3 Å². The van der Waals surface area contributed by atoms with Crippen molar-refractivity contribution in [3.8, 4) is 5.75 Å². The Labute approximate surface area is 197 Å². The Morgan fingerprint density at radius 3 is 2.76 bits per heavy atom. The summed E-state index contributed by atoms with van der Waals surface area (Å²) < 4.78 is 51.4. The first-order valence-corrected chi connectivity index (χ1v) is 10.5. The molecule has 0 aliphatic carbocycles. The molecule has 10 heteroatoms. The molecule has 0 bridgehead atoms. The van der Waals surface area contributed by atoms with Gasteiger partial charge in [-0.25, -0.2) is 0 Å². The highest BCUT2D eigenvalue weighted by atomic mass is 35.5. The molecule has 0 aliphatic heterocycles. The number of halogens is 4. The quantitative estimate of drug-likeness (QED) is 0.329. The van der Waals surface area contributed by atoms with Gasteiger partial charge in [0.25, 0.3) is 5.91 Å². The van der Waals surface area contributed by atoms with Gasteiger partial charge in [-0.05, 0) is 60.5 Å². The third kappa shape index (κ3) is 5.79. The highest BCUT2D eigenvalue weighted by Crippen LogP contribution is 2.29. The Morgan fingerprint density at radius 2 is 2.00 bits per heavy atom. The van der Waals surface area contributed by atoms with Crippen LogP contribution in [0.2, 0.25) is 5.02 Å². The Bertz CT molecular complexity index is 1310. The fourth-order valence-electron chi connectivity index (χ4n) is 3.24. The number of benzene rings is 2. The predicted octanol–water partition coefficient (Wildman–Crippen LogP) is 6.34. The first-order chi connectivity index (χ1) is 16.2. The number of anilines is 1. The van der Waals surface area contributed by atoms with Crippen molar-refractivity contribution in [3.63, 3.8) is 0 Å². The standard InChI is InChI=1S/C24H19ClF3N3O3/c1-15-9-18(25)5-7-21(15)33-14-20-6-8-22(34-20)23(32)30-19-11-29-31(13-19)12-16-3-2-4-17(10-16)24(26,27)28/h2-11,13H,12,14H2,1H3,(H,30,32). The van der Waals surface area contributed by atoms with Crippen molar-refractivity contribution in [2.75, 3.05) is 5.32 Å². The van der Waals surface area contributed by atoms with E-state index in [1.807, 2.05) is 6.92 Å². The molecular weight excluding hydrogens is 471 g/mol. The zero-order valence-electron chi connectivity index (χ0n) is 17.9. The van der Waals surface area contributed by atoms with E-state index < -0.39 is 17.6 Å². The summed E-state index contributed by atoms with van der Waals surface area (Å²) in [7, 11) is 0. The molecular formula is C24H19ClF3N3O3.